The van der Waals surface area contributed by atoms with Crippen LogP contribution in [0, 0.1) is 0 Å². The van der Waals surface area contributed by atoms with E-state index < -0.39 is 0 Å². The molecule has 7 heteroatoms. The summed E-state index contributed by atoms with van der Waals surface area (Å²) in [5, 5.41) is 20.5. The van der Waals surface area contributed by atoms with Crippen LogP contribution in [-0.4, -0.2) is 52.3 Å². The summed E-state index contributed by atoms with van der Waals surface area (Å²) < 4.78 is 0. The second-order valence-electron chi connectivity index (χ2n) is 7.53. The Labute approximate surface area is 176 Å². The molecule has 2 heterocycles. The van der Waals surface area contributed by atoms with Gasteiger partial charge in [-0.15, -0.1) is 0 Å². The second-order valence-corrected chi connectivity index (χ2v) is 7.53. The van der Waals surface area contributed by atoms with E-state index in [0.717, 1.165) is 66.6 Å². The topological polar surface area (TPSA) is 84.5 Å². The van der Waals surface area contributed by atoms with Crippen LogP contribution in [0.4, 0.5) is 17.2 Å². The number of amides is 1. The molecule has 1 fully saturated rings. The van der Waals surface area contributed by atoms with Gasteiger partial charge in [-0.25, -0.2) is 0 Å². The van der Waals surface area contributed by atoms with E-state index in [1.807, 2.05) is 17.0 Å². The lowest BCUT2D eigenvalue weighted by Gasteiger charge is -2.35. The van der Waals surface area contributed by atoms with E-state index in [0.29, 0.717) is 0 Å². The highest BCUT2D eigenvalue weighted by Crippen LogP contribution is 2.28. The first-order valence-electron chi connectivity index (χ1n) is 10.3. The van der Waals surface area contributed by atoms with Gasteiger partial charge in [0.2, 0.25) is 5.91 Å². The van der Waals surface area contributed by atoms with Gasteiger partial charge in [0.25, 0.3) is 0 Å². The molecule has 3 N–H and O–H groups in total. The molecule has 1 aliphatic heterocycles. The molecule has 156 valence electrons. The lowest BCUT2D eigenvalue weighted by molar-refractivity contribution is -0.129. The van der Waals surface area contributed by atoms with Crippen LogP contribution in [-0.2, 0) is 11.2 Å². The maximum absolute atomic E-state index is 11.5. The summed E-state index contributed by atoms with van der Waals surface area (Å²) in [5.74, 6) is 1.14. The zero-order chi connectivity index (χ0) is 21.1. The molecule has 2 aromatic carbocycles. The molecule has 0 unspecified atom stereocenters. The first kappa shape index (κ1) is 19.8. The Balaban J connectivity index is 1.43. The molecule has 3 aromatic rings. The fraction of sp³-hybridized carbons (Fsp3) is 0.304. The zero-order valence-electron chi connectivity index (χ0n) is 17.4. The minimum absolute atomic E-state index is 0.145. The van der Waals surface area contributed by atoms with Crippen molar-refractivity contribution in [2.75, 3.05) is 36.4 Å². The van der Waals surface area contributed by atoms with Crippen LogP contribution in [0.2, 0.25) is 0 Å². The standard InChI is InChI=1S/C23H27N5O2/c1-3-17-14-20(30)8-9-21(17)24-23-15-22(25-26-23)18-4-6-19(7-5-18)28-12-10-27(11-13-28)16(2)29/h4-9,14-15,30H,3,10-13H2,1-2H3,(H2,24,25,26). The van der Waals surface area contributed by atoms with Gasteiger partial charge in [0.15, 0.2) is 5.82 Å². The molecule has 0 radical (unpaired) electrons. The Morgan fingerprint density at radius 1 is 1.10 bits per heavy atom. The van der Waals surface area contributed by atoms with Crippen LogP contribution >= 0.6 is 0 Å². The number of hydrogen-bond acceptors (Lipinski definition) is 5. The van der Waals surface area contributed by atoms with Gasteiger partial charge in [-0.2, -0.15) is 5.10 Å². The first-order chi connectivity index (χ1) is 14.5. The number of rotatable bonds is 5. The average Bonchev–Trinajstić information content (AvgIpc) is 3.23. The fourth-order valence-electron chi connectivity index (χ4n) is 3.80. The Morgan fingerprint density at radius 3 is 2.50 bits per heavy atom. The van der Waals surface area contributed by atoms with Gasteiger partial charge in [-0.3, -0.25) is 9.89 Å². The molecule has 1 aliphatic rings. The maximum Gasteiger partial charge on any atom is 0.219 e. The number of aromatic amines is 1. The summed E-state index contributed by atoms with van der Waals surface area (Å²) in [5.41, 5.74) is 5.13. The van der Waals surface area contributed by atoms with Gasteiger partial charge in [0, 0.05) is 50.5 Å². The monoisotopic (exact) mass is 405 g/mol. The lowest BCUT2D eigenvalue weighted by atomic mass is 10.1. The Hall–Kier alpha value is -3.48. The van der Waals surface area contributed by atoms with Crippen molar-refractivity contribution >= 4 is 23.1 Å². The number of aryl methyl sites for hydroxylation is 1. The highest BCUT2D eigenvalue weighted by Gasteiger charge is 2.18. The van der Waals surface area contributed by atoms with Crippen LogP contribution in [0.5, 0.6) is 5.75 Å². The lowest BCUT2D eigenvalue weighted by Crippen LogP contribution is -2.48. The van der Waals surface area contributed by atoms with Crippen LogP contribution in [0.15, 0.2) is 48.5 Å². The molecule has 1 saturated heterocycles. The number of hydrogen-bond donors (Lipinski definition) is 3. The van der Waals surface area contributed by atoms with Gasteiger partial charge in [-0.1, -0.05) is 19.1 Å². The summed E-state index contributed by atoms with van der Waals surface area (Å²) in [6.07, 6.45) is 0.816. The number of piperazine rings is 1. The van der Waals surface area contributed by atoms with E-state index in [9.17, 15) is 9.90 Å². The molecule has 0 bridgehead atoms. The van der Waals surface area contributed by atoms with Crippen LogP contribution < -0.4 is 10.2 Å². The average molecular weight is 406 g/mol. The van der Waals surface area contributed by atoms with E-state index in [2.05, 4.69) is 51.6 Å². The SMILES string of the molecule is CCc1cc(O)ccc1Nc1cc(-c2ccc(N3CCN(C(C)=O)CC3)cc2)[nH]n1. The smallest absolute Gasteiger partial charge is 0.219 e. The number of anilines is 3. The number of carbonyl (C=O) groups is 1. The van der Waals surface area contributed by atoms with Crippen molar-refractivity contribution in [3.63, 3.8) is 0 Å². The first-order valence-corrected chi connectivity index (χ1v) is 10.3. The number of phenols is 1. The fourth-order valence-corrected chi connectivity index (χ4v) is 3.80. The third kappa shape index (κ3) is 4.25. The maximum atomic E-state index is 11.5. The van der Waals surface area contributed by atoms with Crippen molar-refractivity contribution in [2.24, 2.45) is 0 Å². The number of nitrogens with one attached hydrogen (secondary N) is 2. The van der Waals surface area contributed by atoms with Crippen LogP contribution in [0.1, 0.15) is 19.4 Å². The van der Waals surface area contributed by atoms with Crippen LogP contribution in [0.25, 0.3) is 11.3 Å². The molecule has 7 nitrogen and oxygen atoms in total. The number of H-pyrrole nitrogens is 1. The summed E-state index contributed by atoms with van der Waals surface area (Å²) in [6, 6.07) is 15.7. The zero-order valence-corrected chi connectivity index (χ0v) is 17.4. The molecular weight excluding hydrogens is 378 g/mol. The predicted molar refractivity (Wildman–Crippen MR) is 119 cm³/mol. The van der Waals surface area contributed by atoms with E-state index in [-0.39, 0.29) is 11.7 Å². The van der Waals surface area contributed by atoms with Crippen molar-refractivity contribution in [3.8, 4) is 17.0 Å². The number of aromatic nitrogens is 2. The van der Waals surface area contributed by atoms with E-state index in [4.69, 9.17) is 0 Å². The number of benzene rings is 2. The molecule has 1 amide bonds. The second kappa shape index (κ2) is 8.49. The summed E-state index contributed by atoms with van der Waals surface area (Å²) >= 11 is 0. The van der Waals surface area contributed by atoms with Crippen molar-refractivity contribution in [2.45, 2.75) is 20.3 Å². The number of aromatic hydroxyl groups is 1. The summed E-state index contributed by atoms with van der Waals surface area (Å²) in [7, 11) is 0. The van der Waals surface area contributed by atoms with Gasteiger partial charge in [0.05, 0.1) is 5.69 Å². The van der Waals surface area contributed by atoms with E-state index in [1.54, 1.807) is 19.1 Å². The molecule has 0 spiro atoms. The highest BCUT2D eigenvalue weighted by atomic mass is 16.3. The number of phenolic OH excluding ortho intramolecular Hbond substituents is 1. The normalized spacial score (nSPS) is 14.1. The van der Waals surface area contributed by atoms with Crippen molar-refractivity contribution in [3.05, 3.63) is 54.1 Å². The minimum Gasteiger partial charge on any atom is -0.508 e. The molecule has 0 saturated carbocycles. The van der Waals surface area contributed by atoms with E-state index >= 15 is 0 Å². The molecular formula is C23H27N5O2. The van der Waals surface area contributed by atoms with Crippen LogP contribution in [0.3, 0.4) is 0 Å². The largest absolute Gasteiger partial charge is 0.508 e. The third-order valence-corrected chi connectivity index (χ3v) is 5.58. The quantitative estimate of drug-likeness (QED) is 0.563. The van der Waals surface area contributed by atoms with Gasteiger partial charge in [0.1, 0.15) is 5.75 Å². The third-order valence-electron chi connectivity index (χ3n) is 5.58. The van der Waals surface area contributed by atoms with Crippen molar-refractivity contribution in [1.29, 1.82) is 0 Å². The van der Waals surface area contributed by atoms with Gasteiger partial charge in [-0.05, 0) is 47.9 Å². The number of nitrogens with zero attached hydrogens (tertiary/aromatic N) is 3. The molecule has 0 aliphatic carbocycles. The number of carbonyl (C=O) groups excluding carboxylic acids is 1. The summed E-state index contributed by atoms with van der Waals surface area (Å²) in [6.45, 7) is 6.92. The highest BCUT2D eigenvalue weighted by molar-refractivity contribution is 5.74. The van der Waals surface area contributed by atoms with Gasteiger partial charge < -0.3 is 20.2 Å². The van der Waals surface area contributed by atoms with Crippen molar-refractivity contribution < 1.29 is 9.90 Å². The Bertz CT molecular complexity index is 1020. The minimum atomic E-state index is 0.145. The van der Waals surface area contributed by atoms with Gasteiger partial charge >= 0.3 is 0 Å². The molecule has 30 heavy (non-hydrogen) atoms. The predicted octanol–water partition coefficient (Wildman–Crippen LogP) is 3.76. The molecule has 1 aromatic heterocycles. The Kier molecular flexibility index (Phi) is 5.61. The van der Waals surface area contributed by atoms with Crippen molar-refractivity contribution in [1.82, 2.24) is 15.1 Å². The Morgan fingerprint density at radius 2 is 1.83 bits per heavy atom. The van der Waals surface area contributed by atoms with E-state index in [1.165, 1.54) is 0 Å². The molecule has 4 rings (SSSR count). The molecule has 0 atom stereocenters. The summed E-state index contributed by atoms with van der Waals surface area (Å²) in [4.78, 5) is 15.7.